The summed E-state index contributed by atoms with van der Waals surface area (Å²) in [7, 11) is 0. The van der Waals surface area contributed by atoms with Crippen molar-refractivity contribution in [2.24, 2.45) is 0 Å². The molecule has 0 amide bonds. The number of halogens is 1. The second-order valence-corrected chi connectivity index (χ2v) is 11.9. The summed E-state index contributed by atoms with van der Waals surface area (Å²) in [6.45, 7) is -0.0643. The number of aromatic nitrogens is 1. The number of fused-ring (bicyclic) bond motifs is 13. The largest absolute Gasteiger partial charge is 0.432 e. The highest BCUT2D eigenvalue weighted by atomic mass is 32.1. The third-order valence-electron chi connectivity index (χ3n) is 7.75. The highest BCUT2D eigenvalue weighted by molar-refractivity contribution is 7.32. The molecule has 7 heteroatoms. The zero-order chi connectivity index (χ0) is 25.0. The summed E-state index contributed by atoms with van der Waals surface area (Å²) < 4.78 is 18.5. The molecule has 0 aliphatic carbocycles. The predicted molar refractivity (Wildman–Crippen MR) is 160 cm³/mol. The first-order valence-electron chi connectivity index (χ1n) is 12.5. The van der Waals surface area contributed by atoms with E-state index < -0.39 is 0 Å². The zero-order valence-electron chi connectivity index (χ0n) is 19.9. The number of thiophene rings is 2. The van der Waals surface area contributed by atoms with Gasteiger partial charge < -0.3 is 9.62 Å². The van der Waals surface area contributed by atoms with Crippen LogP contribution in [0.25, 0.3) is 42.1 Å². The van der Waals surface area contributed by atoms with Crippen LogP contribution < -0.4 is 14.4 Å². The SMILES string of the molecule is Fc1ccc2c(c1)-c1c(sc3ccccc13)B1N2c2sc3ccccc3c2N1c1ccc2cnccc2c1. The molecule has 0 saturated carbocycles. The molecule has 0 saturated heterocycles. The molecule has 3 nitrogen and oxygen atoms in total. The molecule has 4 aromatic carbocycles. The lowest BCUT2D eigenvalue weighted by molar-refractivity contribution is 0.628. The van der Waals surface area contributed by atoms with Gasteiger partial charge in [0.15, 0.2) is 0 Å². The fourth-order valence-corrected chi connectivity index (χ4v) is 8.71. The minimum absolute atomic E-state index is 0.0643. The molecule has 0 spiro atoms. The van der Waals surface area contributed by atoms with Gasteiger partial charge in [0.1, 0.15) is 10.8 Å². The Balaban J connectivity index is 1.41. The summed E-state index contributed by atoms with van der Waals surface area (Å²) in [6, 6.07) is 31.1. The average molecular weight is 525 g/mol. The summed E-state index contributed by atoms with van der Waals surface area (Å²) in [5.74, 6) is -0.209. The summed E-state index contributed by atoms with van der Waals surface area (Å²) in [5, 5.41) is 5.90. The number of rotatable bonds is 1. The van der Waals surface area contributed by atoms with Crippen molar-refractivity contribution < 1.29 is 4.39 Å². The quantitative estimate of drug-likeness (QED) is 0.201. The van der Waals surface area contributed by atoms with Gasteiger partial charge in [-0.1, -0.05) is 42.5 Å². The van der Waals surface area contributed by atoms with Crippen LogP contribution in [0.3, 0.4) is 0 Å². The van der Waals surface area contributed by atoms with Gasteiger partial charge in [0.25, 0.3) is 0 Å². The maximum absolute atomic E-state index is 14.8. The van der Waals surface area contributed by atoms with Gasteiger partial charge in [0.05, 0.1) is 5.69 Å². The minimum Gasteiger partial charge on any atom is -0.358 e. The van der Waals surface area contributed by atoms with Crippen LogP contribution in [0.15, 0.2) is 103 Å². The zero-order valence-corrected chi connectivity index (χ0v) is 21.6. The van der Waals surface area contributed by atoms with E-state index in [4.69, 9.17) is 0 Å². The lowest BCUT2D eigenvalue weighted by Gasteiger charge is -2.35. The van der Waals surface area contributed by atoms with Crippen LogP contribution in [-0.2, 0) is 0 Å². The van der Waals surface area contributed by atoms with E-state index in [0.717, 1.165) is 33.3 Å². The van der Waals surface area contributed by atoms with Crippen molar-refractivity contribution in [2.45, 2.75) is 0 Å². The Kier molecular flexibility index (Phi) is 4.07. The molecule has 0 fully saturated rings. The number of nitrogens with zero attached hydrogens (tertiary/aromatic N) is 3. The van der Waals surface area contributed by atoms with Crippen molar-refractivity contribution in [3.63, 3.8) is 0 Å². The molecule has 38 heavy (non-hydrogen) atoms. The summed E-state index contributed by atoms with van der Waals surface area (Å²) in [6.07, 6.45) is 3.76. The first-order chi connectivity index (χ1) is 18.8. The normalized spacial score (nSPS) is 13.8. The molecule has 0 radical (unpaired) electrons. The van der Waals surface area contributed by atoms with E-state index in [1.807, 2.05) is 41.1 Å². The molecule has 2 aliphatic rings. The molecular formula is C31H17BFN3S2. The van der Waals surface area contributed by atoms with E-state index in [1.54, 1.807) is 12.1 Å². The molecule has 7 aromatic rings. The molecule has 178 valence electrons. The lowest BCUT2D eigenvalue weighted by atomic mass is 9.64. The van der Waals surface area contributed by atoms with Gasteiger partial charge in [-0.3, -0.25) is 4.98 Å². The summed E-state index contributed by atoms with van der Waals surface area (Å²) in [4.78, 5) is 9.24. The number of hydrogen-bond donors (Lipinski definition) is 0. The third kappa shape index (κ3) is 2.65. The van der Waals surface area contributed by atoms with E-state index in [2.05, 4.69) is 87.4 Å². The van der Waals surface area contributed by atoms with E-state index in [-0.39, 0.29) is 12.8 Å². The maximum atomic E-state index is 14.8. The molecule has 0 atom stereocenters. The van der Waals surface area contributed by atoms with E-state index in [9.17, 15) is 4.39 Å². The monoisotopic (exact) mass is 525 g/mol. The average Bonchev–Trinajstić information content (AvgIpc) is 3.62. The fraction of sp³-hybridized carbons (Fsp3) is 0. The molecule has 0 unspecified atom stereocenters. The van der Waals surface area contributed by atoms with Gasteiger partial charge >= 0.3 is 6.98 Å². The van der Waals surface area contributed by atoms with Crippen molar-refractivity contribution in [3.05, 3.63) is 109 Å². The van der Waals surface area contributed by atoms with Crippen LogP contribution in [0, 0.1) is 5.82 Å². The standard InChI is InChI=1S/C31H17BFN3S2/c33-20-10-12-25-24(16-20)28-22-5-1-3-7-26(22)37-30(28)32-35(21-11-9-19-17-34-14-13-18(19)15-21)29-23-6-2-4-8-27(23)38-31(29)36(25)32/h1-17H. The smallest absolute Gasteiger partial charge is 0.358 e. The predicted octanol–water partition coefficient (Wildman–Crippen LogP) is 8.47. The lowest BCUT2D eigenvalue weighted by Crippen LogP contribution is -2.54. The fourth-order valence-electron chi connectivity index (χ4n) is 6.17. The molecule has 0 bridgehead atoms. The Hall–Kier alpha value is -4.20. The summed E-state index contributed by atoms with van der Waals surface area (Å²) in [5.41, 5.74) is 5.51. The first-order valence-corrected chi connectivity index (χ1v) is 14.1. The van der Waals surface area contributed by atoms with Crippen LogP contribution in [-0.4, -0.2) is 12.0 Å². The Morgan fingerprint density at radius 3 is 2.45 bits per heavy atom. The molecule has 0 N–H and O–H groups in total. The van der Waals surface area contributed by atoms with Crippen LogP contribution >= 0.6 is 22.7 Å². The number of hydrogen-bond acceptors (Lipinski definition) is 5. The van der Waals surface area contributed by atoms with Crippen molar-refractivity contribution in [1.82, 2.24) is 4.98 Å². The van der Waals surface area contributed by atoms with Crippen molar-refractivity contribution in [1.29, 1.82) is 0 Å². The van der Waals surface area contributed by atoms with Crippen LogP contribution in [0.2, 0.25) is 0 Å². The highest BCUT2D eigenvalue weighted by Gasteiger charge is 2.51. The number of benzene rings is 4. The van der Waals surface area contributed by atoms with Gasteiger partial charge in [0.2, 0.25) is 0 Å². The van der Waals surface area contributed by atoms with Crippen molar-refractivity contribution >= 4 is 87.4 Å². The maximum Gasteiger partial charge on any atom is 0.432 e. The van der Waals surface area contributed by atoms with Gasteiger partial charge in [-0.25, -0.2) is 4.39 Å². The molecule has 9 rings (SSSR count). The van der Waals surface area contributed by atoms with Crippen molar-refractivity contribution in [2.75, 3.05) is 9.62 Å². The second kappa shape index (κ2) is 7.44. The minimum atomic E-state index is -0.209. The Labute approximate surface area is 226 Å². The third-order valence-corrected chi connectivity index (χ3v) is 10.1. The van der Waals surface area contributed by atoms with Gasteiger partial charge in [-0.05, 0) is 59.3 Å². The summed E-state index contributed by atoms with van der Waals surface area (Å²) >= 11 is 3.62. The second-order valence-electron chi connectivity index (χ2n) is 9.77. The van der Waals surface area contributed by atoms with E-state index in [0.29, 0.717) is 0 Å². The molecule has 5 heterocycles. The molecule has 3 aromatic heterocycles. The van der Waals surface area contributed by atoms with Gasteiger partial charge in [-0.15, -0.1) is 22.7 Å². The van der Waals surface area contributed by atoms with Crippen LogP contribution in [0.4, 0.5) is 26.5 Å². The topological polar surface area (TPSA) is 19.4 Å². The van der Waals surface area contributed by atoms with E-state index >= 15 is 0 Å². The Bertz CT molecular complexity index is 2100. The number of pyridine rings is 1. The van der Waals surface area contributed by atoms with Crippen molar-refractivity contribution in [3.8, 4) is 11.1 Å². The highest BCUT2D eigenvalue weighted by Crippen LogP contribution is 2.58. The van der Waals surface area contributed by atoms with Crippen LogP contribution in [0.5, 0.6) is 0 Å². The molecular weight excluding hydrogens is 508 g/mol. The Morgan fingerprint density at radius 1 is 0.737 bits per heavy atom. The molecule has 2 aliphatic heterocycles. The van der Waals surface area contributed by atoms with Crippen LogP contribution in [0.1, 0.15) is 0 Å². The first kappa shape index (κ1) is 20.8. The number of anilines is 4. The van der Waals surface area contributed by atoms with E-state index in [1.165, 1.54) is 35.6 Å². The van der Waals surface area contributed by atoms with Gasteiger partial charge in [0, 0.05) is 59.8 Å². The Morgan fingerprint density at radius 2 is 1.55 bits per heavy atom. The van der Waals surface area contributed by atoms with Gasteiger partial charge in [-0.2, -0.15) is 0 Å².